The molecule has 23 heavy (non-hydrogen) atoms. The molecule has 0 spiro atoms. The van der Waals surface area contributed by atoms with Crippen LogP contribution in [0.4, 0.5) is 11.4 Å². The zero-order valence-electron chi connectivity index (χ0n) is 12.9. The molecule has 0 saturated heterocycles. The molecule has 1 amide bonds. The van der Waals surface area contributed by atoms with E-state index in [-0.39, 0.29) is 11.6 Å². The lowest BCUT2D eigenvalue weighted by atomic mass is 10.0. The SMILES string of the molecule is CC(=O)Nc1c(C)c(-c2cccc(NS(C)(=O)=O)c2)c[nH]c1=O. The molecular formula is C15H17N3O4S. The van der Waals surface area contributed by atoms with Gasteiger partial charge in [0, 0.05) is 24.4 Å². The van der Waals surface area contributed by atoms with Gasteiger partial charge < -0.3 is 10.3 Å². The van der Waals surface area contributed by atoms with Crippen LogP contribution in [0.5, 0.6) is 0 Å². The van der Waals surface area contributed by atoms with E-state index in [0.717, 1.165) is 6.26 Å². The normalized spacial score (nSPS) is 11.1. The highest BCUT2D eigenvalue weighted by atomic mass is 32.2. The van der Waals surface area contributed by atoms with E-state index >= 15 is 0 Å². The van der Waals surface area contributed by atoms with Gasteiger partial charge >= 0.3 is 0 Å². The van der Waals surface area contributed by atoms with Gasteiger partial charge in [0.1, 0.15) is 5.69 Å². The highest BCUT2D eigenvalue weighted by Crippen LogP contribution is 2.27. The quantitative estimate of drug-likeness (QED) is 0.790. The Kier molecular flexibility index (Phi) is 4.55. The van der Waals surface area contributed by atoms with Gasteiger partial charge in [-0.25, -0.2) is 8.42 Å². The summed E-state index contributed by atoms with van der Waals surface area (Å²) in [6.45, 7) is 3.04. The summed E-state index contributed by atoms with van der Waals surface area (Å²) in [7, 11) is -3.38. The Morgan fingerprint density at radius 2 is 1.96 bits per heavy atom. The van der Waals surface area contributed by atoms with Crippen molar-refractivity contribution < 1.29 is 13.2 Å². The zero-order chi connectivity index (χ0) is 17.2. The summed E-state index contributed by atoms with van der Waals surface area (Å²) in [6.07, 6.45) is 2.60. The van der Waals surface area contributed by atoms with Crippen LogP contribution in [0, 0.1) is 6.92 Å². The van der Waals surface area contributed by atoms with Gasteiger partial charge in [0.05, 0.1) is 6.26 Å². The van der Waals surface area contributed by atoms with Crippen molar-refractivity contribution in [1.82, 2.24) is 4.98 Å². The number of pyridine rings is 1. The van der Waals surface area contributed by atoms with E-state index in [9.17, 15) is 18.0 Å². The van der Waals surface area contributed by atoms with Crippen molar-refractivity contribution in [2.45, 2.75) is 13.8 Å². The van der Waals surface area contributed by atoms with Crippen LogP contribution < -0.4 is 15.6 Å². The topological polar surface area (TPSA) is 108 Å². The van der Waals surface area contributed by atoms with Gasteiger partial charge in [0.25, 0.3) is 5.56 Å². The second kappa shape index (κ2) is 6.25. The first kappa shape index (κ1) is 16.8. The summed E-state index contributed by atoms with van der Waals surface area (Å²) < 4.78 is 25.1. The molecular weight excluding hydrogens is 318 g/mol. The van der Waals surface area contributed by atoms with Crippen molar-refractivity contribution in [2.75, 3.05) is 16.3 Å². The number of carbonyl (C=O) groups excluding carboxylic acids is 1. The summed E-state index contributed by atoms with van der Waals surface area (Å²) in [6, 6.07) is 6.76. The third kappa shape index (κ3) is 4.19. The van der Waals surface area contributed by atoms with Gasteiger partial charge in [0.2, 0.25) is 15.9 Å². The van der Waals surface area contributed by atoms with Gasteiger partial charge in [-0.15, -0.1) is 0 Å². The Labute approximate surface area is 133 Å². The van der Waals surface area contributed by atoms with Crippen LogP contribution in [0.25, 0.3) is 11.1 Å². The molecule has 0 radical (unpaired) electrons. The van der Waals surface area contributed by atoms with Crippen molar-refractivity contribution >= 4 is 27.3 Å². The number of hydrogen-bond donors (Lipinski definition) is 3. The fraction of sp³-hybridized carbons (Fsp3) is 0.200. The number of sulfonamides is 1. The van der Waals surface area contributed by atoms with E-state index in [1.54, 1.807) is 31.2 Å². The molecule has 0 aliphatic heterocycles. The molecule has 2 rings (SSSR count). The Bertz CT molecular complexity index is 917. The van der Waals surface area contributed by atoms with Crippen LogP contribution in [-0.4, -0.2) is 25.6 Å². The predicted octanol–water partition coefficient (Wildman–Crippen LogP) is 1.68. The number of aromatic amines is 1. The first-order valence-electron chi connectivity index (χ1n) is 6.75. The Hall–Kier alpha value is -2.61. The first-order chi connectivity index (χ1) is 10.7. The predicted molar refractivity (Wildman–Crippen MR) is 90.0 cm³/mol. The maximum Gasteiger partial charge on any atom is 0.272 e. The van der Waals surface area contributed by atoms with E-state index < -0.39 is 15.6 Å². The lowest BCUT2D eigenvalue weighted by Crippen LogP contribution is -2.19. The molecule has 0 atom stereocenters. The van der Waals surface area contributed by atoms with Gasteiger partial charge in [-0.3, -0.25) is 14.3 Å². The molecule has 2 aromatic rings. The highest BCUT2D eigenvalue weighted by Gasteiger charge is 2.12. The van der Waals surface area contributed by atoms with Gasteiger partial charge in [0.15, 0.2) is 0 Å². The summed E-state index contributed by atoms with van der Waals surface area (Å²) >= 11 is 0. The Morgan fingerprint density at radius 1 is 1.26 bits per heavy atom. The van der Waals surface area contributed by atoms with Crippen LogP contribution >= 0.6 is 0 Å². The molecule has 0 aliphatic carbocycles. The molecule has 0 unspecified atom stereocenters. The van der Waals surface area contributed by atoms with E-state index in [0.29, 0.717) is 22.4 Å². The molecule has 1 heterocycles. The summed E-state index contributed by atoms with van der Waals surface area (Å²) in [5.74, 6) is -0.344. The van der Waals surface area contributed by atoms with E-state index in [1.165, 1.54) is 13.1 Å². The Balaban J connectivity index is 2.53. The number of amides is 1. The number of aromatic nitrogens is 1. The van der Waals surface area contributed by atoms with E-state index in [4.69, 9.17) is 0 Å². The molecule has 0 bridgehead atoms. The maximum absolute atomic E-state index is 11.9. The minimum absolute atomic E-state index is 0.177. The molecule has 3 N–H and O–H groups in total. The summed E-state index contributed by atoms with van der Waals surface area (Å²) in [5.41, 5.74) is 2.19. The van der Waals surface area contributed by atoms with Crippen molar-refractivity contribution in [3.63, 3.8) is 0 Å². The molecule has 122 valence electrons. The van der Waals surface area contributed by atoms with Crippen molar-refractivity contribution in [3.8, 4) is 11.1 Å². The number of carbonyl (C=O) groups is 1. The number of rotatable bonds is 4. The summed E-state index contributed by atoms with van der Waals surface area (Å²) in [4.78, 5) is 25.7. The van der Waals surface area contributed by atoms with Crippen molar-refractivity contribution in [3.05, 3.63) is 46.4 Å². The van der Waals surface area contributed by atoms with Gasteiger partial charge in [-0.1, -0.05) is 12.1 Å². The fourth-order valence-corrected chi connectivity index (χ4v) is 2.77. The van der Waals surface area contributed by atoms with E-state index in [2.05, 4.69) is 15.0 Å². The molecule has 8 heteroatoms. The lowest BCUT2D eigenvalue weighted by Gasteiger charge is -2.12. The summed E-state index contributed by atoms with van der Waals surface area (Å²) in [5, 5.41) is 2.51. The molecule has 1 aromatic carbocycles. The van der Waals surface area contributed by atoms with Crippen molar-refractivity contribution in [1.29, 1.82) is 0 Å². The van der Waals surface area contributed by atoms with E-state index in [1.807, 2.05) is 0 Å². The molecule has 0 fully saturated rings. The number of H-pyrrole nitrogens is 1. The largest absolute Gasteiger partial charge is 0.327 e. The zero-order valence-corrected chi connectivity index (χ0v) is 13.7. The average Bonchev–Trinajstić information content (AvgIpc) is 2.41. The van der Waals surface area contributed by atoms with Gasteiger partial charge in [-0.05, 0) is 30.2 Å². The van der Waals surface area contributed by atoms with Crippen molar-refractivity contribution in [2.24, 2.45) is 0 Å². The minimum Gasteiger partial charge on any atom is -0.327 e. The molecule has 0 aliphatic rings. The van der Waals surface area contributed by atoms with Crippen LogP contribution in [-0.2, 0) is 14.8 Å². The van der Waals surface area contributed by atoms with Crippen LogP contribution in [0.2, 0.25) is 0 Å². The molecule has 0 saturated carbocycles. The monoisotopic (exact) mass is 335 g/mol. The van der Waals surface area contributed by atoms with Crippen LogP contribution in [0.15, 0.2) is 35.3 Å². The standard InChI is InChI=1S/C15H17N3O4S/c1-9-13(8-16-15(20)14(9)17-10(2)19)11-5-4-6-12(7-11)18-23(3,21)22/h4-8,18H,1-3H3,(H,16,20)(H,17,19). The van der Waals surface area contributed by atoms with Crippen LogP contribution in [0.1, 0.15) is 12.5 Å². The third-order valence-corrected chi connectivity index (χ3v) is 3.74. The highest BCUT2D eigenvalue weighted by molar-refractivity contribution is 7.92. The molecule has 7 nitrogen and oxygen atoms in total. The number of benzene rings is 1. The first-order valence-corrected chi connectivity index (χ1v) is 8.64. The number of nitrogens with one attached hydrogen (secondary N) is 3. The van der Waals surface area contributed by atoms with Gasteiger partial charge in [-0.2, -0.15) is 0 Å². The fourth-order valence-electron chi connectivity index (χ4n) is 2.21. The van der Waals surface area contributed by atoms with Crippen LogP contribution in [0.3, 0.4) is 0 Å². The second-order valence-electron chi connectivity index (χ2n) is 5.17. The Morgan fingerprint density at radius 3 is 2.57 bits per heavy atom. The molecule has 1 aromatic heterocycles. The third-order valence-electron chi connectivity index (χ3n) is 3.13. The minimum atomic E-state index is -3.38. The number of hydrogen-bond acceptors (Lipinski definition) is 4. The number of anilines is 2. The second-order valence-corrected chi connectivity index (χ2v) is 6.92. The maximum atomic E-state index is 11.9. The lowest BCUT2D eigenvalue weighted by molar-refractivity contribution is -0.114. The average molecular weight is 335 g/mol. The smallest absolute Gasteiger partial charge is 0.272 e.